The zero-order valence-corrected chi connectivity index (χ0v) is 11.7. The van der Waals surface area contributed by atoms with Gasteiger partial charge in [-0.1, -0.05) is 0 Å². The lowest BCUT2D eigenvalue weighted by Crippen LogP contribution is -2.13. The van der Waals surface area contributed by atoms with Crippen LogP contribution < -0.4 is 11.1 Å². The van der Waals surface area contributed by atoms with Crippen LogP contribution in [-0.4, -0.2) is 15.9 Å². The van der Waals surface area contributed by atoms with Crippen molar-refractivity contribution in [3.05, 3.63) is 46.5 Å². The highest BCUT2D eigenvalue weighted by Crippen LogP contribution is 2.20. The van der Waals surface area contributed by atoms with E-state index in [9.17, 15) is 4.79 Å². The molecule has 3 aromatic rings. The Bertz CT molecular complexity index is 759. The average Bonchev–Trinajstić information content (AvgIpc) is 3.07. The lowest BCUT2D eigenvalue weighted by Gasteiger charge is -2.03. The molecule has 6 heteroatoms. The highest BCUT2D eigenvalue weighted by molar-refractivity contribution is 7.09. The Morgan fingerprint density at radius 2 is 2.30 bits per heavy atom. The molecule has 102 valence electrons. The van der Waals surface area contributed by atoms with Crippen LogP contribution in [0.5, 0.6) is 0 Å². The zero-order valence-electron chi connectivity index (χ0n) is 10.9. The predicted octanol–water partition coefficient (Wildman–Crippen LogP) is 2.90. The maximum absolute atomic E-state index is 12.1. The smallest absolute Gasteiger partial charge is 0.275 e. The number of anilines is 1. The molecule has 2 heterocycles. The molecule has 0 aliphatic carbocycles. The van der Waals surface area contributed by atoms with Crippen molar-refractivity contribution in [3.63, 3.8) is 0 Å². The molecule has 2 aromatic heterocycles. The van der Waals surface area contributed by atoms with E-state index in [1.165, 1.54) is 11.3 Å². The molecule has 0 saturated carbocycles. The third-order valence-corrected chi connectivity index (χ3v) is 4.00. The molecular weight excluding hydrogens is 272 g/mol. The fourth-order valence-corrected chi connectivity index (χ4v) is 2.69. The quantitative estimate of drug-likeness (QED) is 0.692. The number of carbonyl (C=O) groups excluding carboxylic acids is 1. The summed E-state index contributed by atoms with van der Waals surface area (Å²) < 4.78 is 0. The largest absolute Gasteiger partial charge is 0.361 e. The van der Waals surface area contributed by atoms with E-state index in [4.69, 9.17) is 5.73 Å². The standard InChI is InChI=1S/C14H14N4OS/c1-8(15)14-18-12(7-20-14)13(19)17-10-2-3-11-9(6-10)4-5-16-11/h2-8,16H,15H2,1H3,(H,17,19). The SMILES string of the molecule is CC(N)c1nc(C(=O)Nc2ccc3[nH]ccc3c2)cs1. The van der Waals surface area contributed by atoms with Gasteiger partial charge in [0.05, 0.1) is 6.04 Å². The second kappa shape index (κ2) is 5.07. The number of nitrogens with zero attached hydrogens (tertiary/aromatic N) is 1. The van der Waals surface area contributed by atoms with Gasteiger partial charge >= 0.3 is 0 Å². The normalized spacial score (nSPS) is 12.5. The van der Waals surface area contributed by atoms with Crippen LogP contribution >= 0.6 is 11.3 Å². The predicted molar refractivity (Wildman–Crippen MR) is 81.0 cm³/mol. The van der Waals surface area contributed by atoms with Crippen molar-refractivity contribution in [1.29, 1.82) is 0 Å². The van der Waals surface area contributed by atoms with Crippen LogP contribution in [0.3, 0.4) is 0 Å². The van der Waals surface area contributed by atoms with Crippen molar-refractivity contribution in [3.8, 4) is 0 Å². The number of rotatable bonds is 3. The molecule has 0 bridgehead atoms. The van der Waals surface area contributed by atoms with Crippen molar-refractivity contribution < 1.29 is 4.79 Å². The van der Waals surface area contributed by atoms with Gasteiger partial charge in [0, 0.05) is 28.2 Å². The van der Waals surface area contributed by atoms with Crippen molar-refractivity contribution >= 4 is 33.8 Å². The molecule has 1 aromatic carbocycles. The van der Waals surface area contributed by atoms with Gasteiger partial charge in [-0.2, -0.15) is 0 Å². The minimum atomic E-state index is -0.219. The van der Waals surface area contributed by atoms with Crippen LogP contribution in [0.4, 0.5) is 5.69 Å². The number of aromatic nitrogens is 2. The maximum atomic E-state index is 12.1. The Hall–Kier alpha value is -2.18. The van der Waals surface area contributed by atoms with E-state index in [-0.39, 0.29) is 11.9 Å². The Morgan fingerprint density at radius 1 is 1.45 bits per heavy atom. The van der Waals surface area contributed by atoms with Gasteiger partial charge in [0.1, 0.15) is 10.7 Å². The number of benzene rings is 1. The lowest BCUT2D eigenvalue weighted by molar-refractivity contribution is 0.102. The number of carbonyl (C=O) groups is 1. The van der Waals surface area contributed by atoms with Gasteiger partial charge in [-0.05, 0) is 31.2 Å². The summed E-state index contributed by atoms with van der Waals surface area (Å²) in [6.45, 7) is 1.85. The average molecular weight is 286 g/mol. The zero-order chi connectivity index (χ0) is 14.1. The van der Waals surface area contributed by atoms with Gasteiger partial charge < -0.3 is 16.0 Å². The van der Waals surface area contributed by atoms with Crippen LogP contribution in [0.15, 0.2) is 35.8 Å². The van der Waals surface area contributed by atoms with Gasteiger partial charge in [0.2, 0.25) is 0 Å². The first kappa shape index (κ1) is 12.8. The summed E-state index contributed by atoms with van der Waals surface area (Å²) in [5.74, 6) is -0.219. The van der Waals surface area contributed by atoms with Gasteiger partial charge in [-0.15, -0.1) is 11.3 Å². The van der Waals surface area contributed by atoms with E-state index in [0.717, 1.165) is 21.6 Å². The second-order valence-corrected chi connectivity index (χ2v) is 5.48. The number of hydrogen-bond acceptors (Lipinski definition) is 4. The van der Waals surface area contributed by atoms with E-state index >= 15 is 0 Å². The number of nitrogens with one attached hydrogen (secondary N) is 2. The highest BCUT2D eigenvalue weighted by Gasteiger charge is 2.13. The van der Waals surface area contributed by atoms with Gasteiger partial charge in [0.25, 0.3) is 5.91 Å². The molecule has 3 rings (SSSR count). The maximum Gasteiger partial charge on any atom is 0.275 e. The minimum Gasteiger partial charge on any atom is -0.361 e. The summed E-state index contributed by atoms with van der Waals surface area (Å²) >= 11 is 1.40. The summed E-state index contributed by atoms with van der Waals surface area (Å²) in [7, 11) is 0. The van der Waals surface area contributed by atoms with Crippen molar-refractivity contribution in [2.45, 2.75) is 13.0 Å². The summed E-state index contributed by atoms with van der Waals surface area (Å²) in [6, 6.07) is 7.51. The Labute approximate surface area is 119 Å². The van der Waals surface area contributed by atoms with Crippen LogP contribution in [0.2, 0.25) is 0 Å². The molecule has 0 radical (unpaired) electrons. The van der Waals surface area contributed by atoms with Crippen LogP contribution in [0.25, 0.3) is 10.9 Å². The summed E-state index contributed by atoms with van der Waals surface area (Å²) in [6.07, 6.45) is 1.87. The topological polar surface area (TPSA) is 83.8 Å². The molecular formula is C14H14N4OS. The lowest BCUT2D eigenvalue weighted by atomic mass is 10.2. The third-order valence-electron chi connectivity index (χ3n) is 2.96. The Balaban J connectivity index is 1.80. The summed E-state index contributed by atoms with van der Waals surface area (Å²) in [5, 5.41) is 6.38. The molecule has 20 heavy (non-hydrogen) atoms. The van der Waals surface area contributed by atoms with Crippen molar-refractivity contribution in [1.82, 2.24) is 9.97 Å². The molecule has 0 saturated heterocycles. The summed E-state index contributed by atoms with van der Waals surface area (Å²) in [5.41, 5.74) is 7.93. The first-order chi connectivity index (χ1) is 9.63. The van der Waals surface area contributed by atoms with Gasteiger partial charge in [0.15, 0.2) is 0 Å². The van der Waals surface area contributed by atoms with Crippen molar-refractivity contribution in [2.75, 3.05) is 5.32 Å². The number of thiazole rings is 1. The molecule has 0 aliphatic heterocycles. The number of aromatic amines is 1. The fourth-order valence-electron chi connectivity index (χ4n) is 1.93. The van der Waals surface area contributed by atoms with E-state index < -0.39 is 0 Å². The van der Waals surface area contributed by atoms with E-state index in [1.807, 2.05) is 37.4 Å². The molecule has 0 aliphatic rings. The number of H-pyrrole nitrogens is 1. The highest BCUT2D eigenvalue weighted by atomic mass is 32.1. The number of nitrogens with two attached hydrogens (primary N) is 1. The molecule has 5 nitrogen and oxygen atoms in total. The fraction of sp³-hybridized carbons (Fsp3) is 0.143. The molecule has 1 unspecified atom stereocenters. The second-order valence-electron chi connectivity index (χ2n) is 4.59. The Morgan fingerprint density at radius 3 is 3.05 bits per heavy atom. The molecule has 0 fully saturated rings. The first-order valence-corrected chi connectivity index (χ1v) is 7.11. The summed E-state index contributed by atoms with van der Waals surface area (Å²) in [4.78, 5) is 19.5. The van der Waals surface area contributed by atoms with Gasteiger partial charge in [-0.3, -0.25) is 4.79 Å². The molecule has 4 N–H and O–H groups in total. The number of hydrogen-bond donors (Lipinski definition) is 3. The molecule has 1 atom stereocenters. The van der Waals surface area contributed by atoms with Crippen molar-refractivity contribution in [2.24, 2.45) is 5.73 Å². The monoisotopic (exact) mass is 286 g/mol. The van der Waals surface area contributed by atoms with Crippen LogP contribution in [0, 0.1) is 0 Å². The first-order valence-electron chi connectivity index (χ1n) is 6.23. The van der Waals surface area contributed by atoms with Gasteiger partial charge in [-0.25, -0.2) is 4.98 Å². The van der Waals surface area contributed by atoms with E-state index in [0.29, 0.717) is 5.69 Å². The minimum absolute atomic E-state index is 0.155. The molecule has 1 amide bonds. The van der Waals surface area contributed by atoms with E-state index in [1.54, 1.807) is 5.38 Å². The molecule has 0 spiro atoms. The number of fused-ring (bicyclic) bond motifs is 1. The van der Waals surface area contributed by atoms with E-state index in [2.05, 4.69) is 15.3 Å². The Kier molecular flexibility index (Phi) is 3.25. The number of amides is 1. The van der Waals surface area contributed by atoms with Crippen LogP contribution in [0.1, 0.15) is 28.5 Å². The third kappa shape index (κ3) is 2.43. The van der Waals surface area contributed by atoms with Crippen LogP contribution in [-0.2, 0) is 0 Å².